The average Bonchev–Trinajstić information content (AvgIpc) is 2.90. The van der Waals surface area contributed by atoms with Gasteiger partial charge < -0.3 is 10.1 Å². The van der Waals surface area contributed by atoms with Gasteiger partial charge in [-0.2, -0.15) is 0 Å². The first-order valence-corrected chi connectivity index (χ1v) is 5.73. The van der Waals surface area contributed by atoms with Crippen LogP contribution < -0.4 is 5.32 Å². The minimum atomic E-state index is 0.301. The lowest BCUT2D eigenvalue weighted by Gasteiger charge is -2.14. The number of hydrogen-bond acceptors (Lipinski definition) is 4. The van der Waals surface area contributed by atoms with E-state index in [0.717, 1.165) is 13.0 Å². The van der Waals surface area contributed by atoms with E-state index < -0.39 is 0 Å². The molecule has 3 rings (SSSR count). The maximum absolute atomic E-state index is 5.38. The maximum atomic E-state index is 5.38. The second-order valence-electron chi connectivity index (χ2n) is 4.35. The van der Waals surface area contributed by atoms with Crippen molar-refractivity contribution in [3.63, 3.8) is 0 Å². The van der Waals surface area contributed by atoms with Gasteiger partial charge in [0.15, 0.2) is 0 Å². The number of aromatic nitrogens is 1. The molecule has 0 radical (unpaired) electrons. The molecule has 2 atom stereocenters. The lowest BCUT2D eigenvalue weighted by atomic mass is 10.1. The quantitative estimate of drug-likeness (QED) is 0.777. The summed E-state index contributed by atoms with van der Waals surface area (Å²) < 4.78 is 5.38. The summed E-state index contributed by atoms with van der Waals surface area (Å²) in [6.07, 6.45) is 2.93. The number of hydrogen-bond donors (Lipinski definition) is 1. The summed E-state index contributed by atoms with van der Waals surface area (Å²) in [5.41, 5.74) is 2.49. The zero-order chi connectivity index (χ0) is 11.0. The largest absolute Gasteiger partial charge is 0.463 e. The molecule has 1 aliphatic heterocycles. The number of amidine groups is 1. The lowest BCUT2D eigenvalue weighted by Crippen LogP contribution is -2.27. The summed E-state index contributed by atoms with van der Waals surface area (Å²) in [6, 6.07) is 5.12. The molecule has 0 fully saturated rings. The van der Waals surface area contributed by atoms with E-state index in [1.54, 1.807) is 0 Å². The van der Waals surface area contributed by atoms with Gasteiger partial charge in [-0.1, -0.05) is 13.0 Å². The van der Waals surface area contributed by atoms with E-state index in [0.29, 0.717) is 24.6 Å². The fourth-order valence-corrected chi connectivity index (χ4v) is 2.44. The van der Waals surface area contributed by atoms with Gasteiger partial charge in [0.1, 0.15) is 6.61 Å². The Bertz CT molecular complexity index is 430. The number of fused-ring (bicyclic) bond motifs is 1. The molecule has 0 saturated carbocycles. The van der Waals surface area contributed by atoms with Crippen molar-refractivity contribution >= 4 is 6.02 Å². The van der Waals surface area contributed by atoms with E-state index in [1.807, 2.05) is 12.3 Å². The topological polar surface area (TPSA) is 46.5 Å². The van der Waals surface area contributed by atoms with Crippen LogP contribution in [0.5, 0.6) is 0 Å². The zero-order valence-electron chi connectivity index (χ0n) is 9.31. The summed E-state index contributed by atoms with van der Waals surface area (Å²) in [6.45, 7) is 3.68. The first-order valence-electron chi connectivity index (χ1n) is 5.73. The van der Waals surface area contributed by atoms with Gasteiger partial charge in [-0.05, 0) is 18.1 Å². The molecule has 16 heavy (non-hydrogen) atoms. The predicted octanol–water partition coefficient (Wildman–Crippen LogP) is 1.61. The van der Waals surface area contributed by atoms with Crippen LogP contribution in [-0.2, 0) is 4.74 Å². The third-order valence-electron chi connectivity index (χ3n) is 3.19. The predicted molar refractivity (Wildman–Crippen MR) is 61.4 cm³/mol. The molecule has 1 aromatic rings. The van der Waals surface area contributed by atoms with E-state index in [2.05, 4.69) is 28.3 Å². The second-order valence-corrected chi connectivity index (χ2v) is 4.35. The fourth-order valence-electron chi connectivity index (χ4n) is 2.44. The van der Waals surface area contributed by atoms with Crippen molar-refractivity contribution in [2.24, 2.45) is 4.99 Å². The van der Waals surface area contributed by atoms with Crippen LogP contribution in [0.15, 0.2) is 23.3 Å². The third kappa shape index (κ3) is 1.54. The highest BCUT2D eigenvalue weighted by Crippen LogP contribution is 2.38. The van der Waals surface area contributed by atoms with Gasteiger partial charge in [0.2, 0.25) is 0 Å². The van der Waals surface area contributed by atoms with Crippen LogP contribution in [0.4, 0.5) is 0 Å². The van der Waals surface area contributed by atoms with Crippen LogP contribution in [0.25, 0.3) is 0 Å². The summed E-state index contributed by atoms with van der Waals surface area (Å²) in [5, 5.41) is 3.35. The van der Waals surface area contributed by atoms with Crippen molar-refractivity contribution < 1.29 is 4.74 Å². The van der Waals surface area contributed by atoms with E-state index >= 15 is 0 Å². The minimum Gasteiger partial charge on any atom is -0.463 e. The maximum Gasteiger partial charge on any atom is 0.285 e. The summed E-state index contributed by atoms with van der Waals surface area (Å²) >= 11 is 0. The zero-order valence-corrected chi connectivity index (χ0v) is 9.31. The number of aliphatic imine (C=N–C) groups is 1. The number of ether oxygens (including phenoxy) is 1. The Labute approximate surface area is 94.8 Å². The molecule has 0 bridgehead atoms. The van der Waals surface area contributed by atoms with E-state index in [4.69, 9.17) is 4.74 Å². The summed E-state index contributed by atoms with van der Waals surface area (Å²) in [5.74, 6) is 0.510. The summed E-state index contributed by atoms with van der Waals surface area (Å²) in [4.78, 5) is 8.70. The SMILES string of the molecule is CC1CC(NC2=NCCO2)c2cccnc21. The number of rotatable bonds is 1. The Morgan fingerprint density at radius 2 is 2.44 bits per heavy atom. The summed E-state index contributed by atoms with van der Waals surface area (Å²) in [7, 11) is 0. The van der Waals surface area contributed by atoms with Crippen molar-refractivity contribution in [1.82, 2.24) is 10.3 Å². The van der Waals surface area contributed by atoms with Crippen LogP contribution in [0.1, 0.15) is 36.6 Å². The van der Waals surface area contributed by atoms with E-state index in [1.165, 1.54) is 11.3 Å². The van der Waals surface area contributed by atoms with Crippen molar-refractivity contribution in [3.8, 4) is 0 Å². The van der Waals surface area contributed by atoms with Gasteiger partial charge >= 0.3 is 0 Å². The monoisotopic (exact) mass is 217 g/mol. The molecule has 0 amide bonds. The van der Waals surface area contributed by atoms with Crippen molar-refractivity contribution in [2.45, 2.75) is 25.3 Å². The first kappa shape index (κ1) is 9.63. The average molecular weight is 217 g/mol. The molecule has 4 nitrogen and oxygen atoms in total. The number of pyridine rings is 1. The van der Waals surface area contributed by atoms with Crippen LogP contribution in [0, 0.1) is 0 Å². The molecule has 2 unspecified atom stereocenters. The Hall–Kier alpha value is -1.58. The molecule has 4 heteroatoms. The fraction of sp³-hybridized carbons (Fsp3) is 0.500. The Morgan fingerprint density at radius 3 is 3.25 bits per heavy atom. The Kier molecular flexibility index (Phi) is 2.27. The number of nitrogens with zero attached hydrogens (tertiary/aromatic N) is 2. The first-order chi connectivity index (χ1) is 7.84. The molecule has 84 valence electrons. The minimum absolute atomic E-state index is 0.301. The molecule has 1 aromatic heterocycles. The highest BCUT2D eigenvalue weighted by Gasteiger charge is 2.30. The molecule has 0 spiro atoms. The van der Waals surface area contributed by atoms with Crippen LogP contribution in [0.3, 0.4) is 0 Å². The standard InChI is InChI=1S/C12H15N3O/c1-8-7-10(15-12-14-5-6-16-12)9-3-2-4-13-11(8)9/h2-4,8,10H,5-7H2,1H3,(H,14,15). The highest BCUT2D eigenvalue weighted by atomic mass is 16.5. The molecule has 2 aliphatic rings. The molecule has 1 aliphatic carbocycles. The Morgan fingerprint density at radius 1 is 1.50 bits per heavy atom. The molecule has 0 aromatic carbocycles. The van der Waals surface area contributed by atoms with Crippen LogP contribution >= 0.6 is 0 Å². The van der Waals surface area contributed by atoms with Gasteiger partial charge in [0.05, 0.1) is 12.6 Å². The van der Waals surface area contributed by atoms with Gasteiger partial charge in [-0.25, -0.2) is 4.99 Å². The van der Waals surface area contributed by atoms with Crippen molar-refractivity contribution in [3.05, 3.63) is 29.6 Å². The van der Waals surface area contributed by atoms with Gasteiger partial charge in [0, 0.05) is 17.8 Å². The van der Waals surface area contributed by atoms with Crippen molar-refractivity contribution in [1.29, 1.82) is 0 Å². The third-order valence-corrected chi connectivity index (χ3v) is 3.19. The Balaban J connectivity index is 1.83. The second kappa shape index (κ2) is 3.77. The van der Waals surface area contributed by atoms with E-state index in [9.17, 15) is 0 Å². The molecular formula is C12H15N3O. The van der Waals surface area contributed by atoms with Crippen LogP contribution in [-0.4, -0.2) is 24.2 Å². The normalized spacial score (nSPS) is 27.2. The van der Waals surface area contributed by atoms with Gasteiger partial charge in [-0.3, -0.25) is 4.98 Å². The smallest absolute Gasteiger partial charge is 0.285 e. The van der Waals surface area contributed by atoms with Gasteiger partial charge in [-0.15, -0.1) is 0 Å². The highest BCUT2D eigenvalue weighted by molar-refractivity contribution is 5.75. The molecular weight excluding hydrogens is 202 g/mol. The van der Waals surface area contributed by atoms with E-state index in [-0.39, 0.29) is 0 Å². The van der Waals surface area contributed by atoms with Crippen molar-refractivity contribution in [2.75, 3.05) is 13.2 Å². The molecule has 0 saturated heterocycles. The lowest BCUT2D eigenvalue weighted by molar-refractivity contribution is 0.324. The number of nitrogens with one attached hydrogen (secondary N) is 1. The van der Waals surface area contributed by atoms with Crippen LogP contribution in [0.2, 0.25) is 0 Å². The molecule has 1 N–H and O–H groups in total. The van der Waals surface area contributed by atoms with Gasteiger partial charge in [0.25, 0.3) is 6.02 Å². The molecule has 2 heterocycles.